The Morgan fingerprint density at radius 1 is 1.18 bits per heavy atom. The third kappa shape index (κ3) is 5.11. The second kappa shape index (κ2) is 10.3. The average Bonchev–Trinajstić information content (AvgIpc) is 3.46. The Hall–Kier alpha value is -3.27. The van der Waals surface area contributed by atoms with Crippen molar-refractivity contribution in [2.75, 3.05) is 13.7 Å². The number of carbonyl (C=O) groups is 4. The van der Waals surface area contributed by atoms with E-state index in [1.165, 1.54) is 24.1 Å². The topological polar surface area (TPSA) is 145 Å². The first-order valence-corrected chi connectivity index (χ1v) is 11.4. The molecule has 2 aromatic rings. The van der Waals surface area contributed by atoms with Crippen LogP contribution in [0.25, 0.3) is 11.1 Å². The lowest BCUT2D eigenvalue weighted by molar-refractivity contribution is -0.140. The molecule has 1 aromatic heterocycles. The Morgan fingerprint density at radius 2 is 1.88 bits per heavy atom. The number of carbonyl (C=O) groups excluding carboxylic acids is 4. The molecule has 0 radical (unpaired) electrons. The van der Waals surface area contributed by atoms with Gasteiger partial charge in [0.2, 0.25) is 17.6 Å². The van der Waals surface area contributed by atoms with Crippen molar-refractivity contribution in [1.29, 1.82) is 0 Å². The average molecular weight is 473 g/mol. The molecule has 3 rings (SSSR count). The number of benzene rings is 1. The van der Waals surface area contributed by atoms with Crippen LogP contribution in [0, 0.1) is 11.8 Å². The van der Waals surface area contributed by atoms with E-state index in [0.29, 0.717) is 24.9 Å². The molecule has 1 fully saturated rings. The number of hydrogen-bond donors (Lipinski definition) is 2. The molecule has 1 aromatic carbocycles. The van der Waals surface area contributed by atoms with E-state index in [9.17, 15) is 19.2 Å². The maximum atomic E-state index is 13.2. The van der Waals surface area contributed by atoms with Crippen molar-refractivity contribution in [3.8, 4) is 0 Å². The molecule has 1 aliphatic rings. The monoisotopic (exact) mass is 472 g/mol. The summed E-state index contributed by atoms with van der Waals surface area (Å²) < 4.78 is 10.3. The number of rotatable bonds is 8. The molecule has 0 spiro atoms. The van der Waals surface area contributed by atoms with Gasteiger partial charge in [-0.3, -0.25) is 14.4 Å². The number of ether oxygens (including phenoxy) is 1. The Kier molecular flexibility index (Phi) is 7.71. The van der Waals surface area contributed by atoms with Crippen molar-refractivity contribution in [2.24, 2.45) is 17.6 Å². The van der Waals surface area contributed by atoms with Crippen LogP contribution in [0.1, 0.15) is 61.6 Å². The van der Waals surface area contributed by atoms with Crippen molar-refractivity contribution in [1.82, 2.24) is 15.2 Å². The van der Waals surface area contributed by atoms with E-state index in [1.54, 1.807) is 19.9 Å². The molecule has 3 N–H and O–H groups in total. The number of nitrogens with two attached hydrogens (primary N) is 1. The number of oxazole rings is 1. The normalized spacial score (nSPS) is 17.8. The van der Waals surface area contributed by atoms with Gasteiger partial charge in [-0.15, -0.1) is 0 Å². The highest BCUT2D eigenvalue weighted by molar-refractivity contribution is 6.02. The third-order valence-electron chi connectivity index (χ3n) is 6.11. The molecular weight excluding hydrogens is 440 g/mol. The van der Waals surface area contributed by atoms with Gasteiger partial charge >= 0.3 is 5.97 Å². The maximum absolute atomic E-state index is 13.2. The van der Waals surface area contributed by atoms with Crippen LogP contribution in [0.4, 0.5) is 0 Å². The zero-order valence-corrected chi connectivity index (χ0v) is 20.2. The van der Waals surface area contributed by atoms with Crippen molar-refractivity contribution in [3.05, 3.63) is 29.7 Å². The number of likely N-dealkylation sites (tertiary alicyclic amines) is 1. The van der Waals surface area contributed by atoms with Gasteiger partial charge in [-0.1, -0.05) is 27.7 Å². The minimum atomic E-state index is -0.906. The van der Waals surface area contributed by atoms with Gasteiger partial charge < -0.3 is 25.1 Å². The predicted molar refractivity (Wildman–Crippen MR) is 124 cm³/mol. The van der Waals surface area contributed by atoms with Crippen molar-refractivity contribution in [3.63, 3.8) is 0 Å². The molecule has 2 amide bonds. The summed E-state index contributed by atoms with van der Waals surface area (Å²) in [5.41, 5.74) is 6.95. The Bertz CT molecular complexity index is 1090. The number of nitrogens with zero attached hydrogens (tertiary/aromatic N) is 2. The molecule has 1 saturated heterocycles. The SMILES string of the molecule is COC(=O)c1ccc2nc(C(=O)[C@@H](NC(=O)[C@@H]3CCCN3C(=O)[C@@H](N)C(C)C)C(C)C)oc2c1. The smallest absolute Gasteiger partial charge is 0.337 e. The summed E-state index contributed by atoms with van der Waals surface area (Å²) in [7, 11) is 1.27. The molecule has 10 nitrogen and oxygen atoms in total. The molecule has 0 saturated carbocycles. The van der Waals surface area contributed by atoms with Gasteiger partial charge in [0.25, 0.3) is 5.89 Å². The van der Waals surface area contributed by atoms with Crippen molar-refractivity contribution < 1.29 is 28.3 Å². The summed E-state index contributed by atoms with van der Waals surface area (Å²) >= 11 is 0. The molecule has 0 aliphatic carbocycles. The summed E-state index contributed by atoms with van der Waals surface area (Å²) in [5, 5.41) is 2.80. The summed E-state index contributed by atoms with van der Waals surface area (Å²) in [5.74, 6) is -2.18. The van der Waals surface area contributed by atoms with Crippen LogP contribution in [-0.4, -0.2) is 65.2 Å². The van der Waals surface area contributed by atoms with Crippen LogP contribution in [0.15, 0.2) is 22.6 Å². The number of ketones is 1. The lowest BCUT2D eigenvalue weighted by atomic mass is 9.98. The van der Waals surface area contributed by atoms with Crippen LogP contribution in [0.2, 0.25) is 0 Å². The zero-order valence-electron chi connectivity index (χ0n) is 20.2. The number of nitrogens with one attached hydrogen (secondary N) is 1. The Balaban J connectivity index is 1.79. The predicted octanol–water partition coefficient (Wildman–Crippen LogP) is 1.91. The highest BCUT2D eigenvalue weighted by atomic mass is 16.5. The van der Waals surface area contributed by atoms with E-state index < -0.39 is 35.8 Å². The first kappa shape index (κ1) is 25.4. The highest BCUT2D eigenvalue weighted by Crippen LogP contribution is 2.23. The first-order chi connectivity index (χ1) is 16.0. The van der Waals surface area contributed by atoms with E-state index >= 15 is 0 Å². The molecule has 1 aliphatic heterocycles. The first-order valence-electron chi connectivity index (χ1n) is 11.4. The highest BCUT2D eigenvalue weighted by Gasteiger charge is 2.39. The number of aromatic nitrogens is 1. The van der Waals surface area contributed by atoms with Crippen molar-refractivity contribution >= 4 is 34.7 Å². The molecule has 0 unspecified atom stereocenters. The largest absolute Gasteiger partial charge is 0.465 e. The van der Waals surface area contributed by atoms with Gasteiger partial charge in [-0.2, -0.15) is 0 Å². The fourth-order valence-corrected chi connectivity index (χ4v) is 3.97. The molecule has 0 bridgehead atoms. The molecule has 2 heterocycles. The van der Waals surface area contributed by atoms with Crippen LogP contribution in [0.3, 0.4) is 0 Å². The Labute approximate surface area is 198 Å². The van der Waals surface area contributed by atoms with E-state index in [-0.39, 0.29) is 34.8 Å². The van der Waals surface area contributed by atoms with Gasteiger partial charge in [0.1, 0.15) is 11.6 Å². The fraction of sp³-hybridized carbons (Fsp3) is 0.542. The molecule has 3 atom stereocenters. The van der Waals surface area contributed by atoms with E-state index in [4.69, 9.17) is 14.9 Å². The van der Waals surface area contributed by atoms with E-state index in [1.807, 2.05) is 13.8 Å². The number of Topliss-reactive ketones (excluding diaryl/α,β-unsaturated/α-hetero) is 1. The molecule has 34 heavy (non-hydrogen) atoms. The Morgan fingerprint density at radius 3 is 2.50 bits per heavy atom. The van der Waals surface area contributed by atoms with Crippen LogP contribution >= 0.6 is 0 Å². The number of fused-ring (bicyclic) bond motifs is 1. The zero-order chi connectivity index (χ0) is 25.2. The number of amides is 2. The number of methoxy groups -OCH3 is 1. The van der Waals surface area contributed by atoms with Gasteiger partial charge in [-0.05, 0) is 42.9 Å². The summed E-state index contributed by atoms with van der Waals surface area (Å²) in [6, 6.07) is 2.26. The van der Waals surface area contributed by atoms with Gasteiger partial charge in [0.15, 0.2) is 5.58 Å². The minimum Gasteiger partial charge on any atom is -0.465 e. The minimum absolute atomic E-state index is 0.0549. The lowest BCUT2D eigenvalue weighted by Gasteiger charge is -2.29. The fourth-order valence-electron chi connectivity index (χ4n) is 3.97. The molecule has 184 valence electrons. The molecular formula is C24H32N4O6. The second-order valence-electron chi connectivity index (χ2n) is 9.25. The standard InChI is InChI=1S/C24H32N4O6/c1-12(2)18(25)23(31)28-10-6-7-16(28)21(30)27-19(13(3)4)20(29)22-26-15-9-8-14(24(32)33-5)11-17(15)34-22/h8-9,11-13,16,18-19H,6-7,10,25H2,1-5H3,(H,27,30)/t16-,18-,19-/m0/s1. The van der Waals surface area contributed by atoms with Gasteiger partial charge in [-0.25, -0.2) is 9.78 Å². The van der Waals surface area contributed by atoms with Crippen LogP contribution in [-0.2, 0) is 14.3 Å². The van der Waals surface area contributed by atoms with Crippen molar-refractivity contribution in [2.45, 2.75) is 58.7 Å². The van der Waals surface area contributed by atoms with E-state index in [2.05, 4.69) is 10.3 Å². The second-order valence-corrected chi connectivity index (χ2v) is 9.25. The van der Waals surface area contributed by atoms with Gasteiger partial charge in [0.05, 0.1) is 24.8 Å². The third-order valence-corrected chi connectivity index (χ3v) is 6.11. The van der Waals surface area contributed by atoms with Crippen LogP contribution < -0.4 is 11.1 Å². The molecule has 10 heteroatoms. The summed E-state index contributed by atoms with van der Waals surface area (Å²) in [4.78, 5) is 56.6. The number of esters is 1. The van der Waals surface area contributed by atoms with Gasteiger partial charge in [0, 0.05) is 6.54 Å². The summed E-state index contributed by atoms with van der Waals surface area (Å²) in [6.45, 7) is 7.76. The summed E-state index contributed by atoms with van der Waals surface area (Å²) in [6.07, 6.45) is 1.18. The van der Waals surface area contributed by atoms with Crippen LogP contribution in [0.5, 0.6) is 0 Å². The van der Waals surface area contributed by atoms with E-state index in [0.717, 1.165) is 0 Å². The maximum Gasteiger partial charge on any atom is 0.337 e. The quantitative estimate of drug-likeness (QED) is 0.438. The number of hydrogen-bond acceptors (Lipinski definition) is 8. The lowest BCUT2D eigenvalue weighted by Crippen LogP contribution is -2.55.